The smallest absolute Gasteiger partial charge is 0.138 e. The summed E-state index contributed by atoms with van der Waals surface area (Å²) in [5.74, 6) is 1.81. The summed E-state index contributed by atoms with van der Waals surface area (Å²) in [6.45, 7) is 6.63. The Labute approximate surface area is 110 Å². The molecular weight excluding hydrogens is 278 g/mol. The number of halogens is 1. The molecule has 0 aliphatic rings. The molecule has 0 aromatic carbocycles. The number of aromatic nitrogens is 2. The molecule has 3 nitrogen and oxygen atoms in total. The quantitative estimate of drug-likeness (QED) is 0.935. The van der Waals surface area contributed by atoms with Gasteiger partial charge in [-0.3, -0.25) is 4.40 Å². The zero-order valence-corrected chi connectivity index (χ0v) is 12.0. The van der Waals surface area contributed by atoms with Gasteiger partial charge in [-0.25, -0.2) is 4.98 Å². The second kappa shape index (κ2) is 4.69. The Morgan fingerprint density at radius 3 is 2.71 bits per heavy atom. The summed E-state index contributed by atoms with van der Waals surface area (Å²) in [6.07, 6.45) is 3.07. The van der Waals surface area contributed by atoms with E-state index in [0.717, 1.165) is 28.1 Å². The predicted octanol–water partition coefficient (Wildman–Crippen LogP) is 3.83. The number of nitrogen functional groups attached to an aromatic ring is 1. The maximum absolute atomic E-state index is 6.16. The van der Waals surface area contributed by atoms with E-state index in [0.29, 0.717) is 11.8 Å². The molecule has 1 atom stereocenters. The molecule has 2 rings (SSSR count). The maximum Gasteiger partial charge on any atom is 0.138 e. The lowest BCUT2D eigenvalue weighted by atomic mass is 9.96. The molecule has 0 saturated carbocycles. The summed E-state index contributed by atoms with van der Waals surface area (Å²) in [7, 11) is 0. The Hall–Kier alpha value is -1.03. The highest BCUT2D eigenvalue weighted by Crippen LogP contribution is 2.28. The van der Waals surface area contributed by atoms with Crippen molar-refractivity contribution < 1.29 is 0 Å². The van der Waals surface area contributed by atoms with Crippen LogP contribution in [0.25, 0.3) is 5.65 Å². The summed E-state index contributed by atoms with van der Waals surface area (Å²) in [5.41, 5.74) is 8.09. The minimum atomic E-state index is 0.397. The summed E-state index contributed by atoms with van der Waals surface area (Å²) < 4.78 is 2.95. The van der Waals surface area contributed by atoms with Gasteiger partial charge in [-0.15, -0.1) is 0 Å². The first-order chi connectivity index (χ1) is 7.99. The molecule has 17 heavy (non-hydrogen) atoms. The first kappa shape index (κ1) is 12.4. The zero-order valence-electron chi connectivity index (χ0n) is 10.4. The fraction of sp³-hybridized carbons (Fsp3) is 0.462. The van der Waals surface area contributed by atoms with Crippen molar-refractivity contribution >= 4 is 27.4 Å². The SMILES string of the molecule is CC(C)CC(C)c1nc2ccc(Br)cn2c1N. The van der Waals surface area contributed by atoms with Crippen molar-refractivity contribution in [1.82, 2.24) is 9.38 Å². The molecule has 2 heterocycles. The summed E-state index contributed by atoms with van der Waals surface area (Å²) in [4.78, 5) is 4.62. The second-order valence-electron chi connectivity index (χ2n) is 4.99. The van der Waals surface area contributed by atoms with E-state index in [9.17, 15) is 0 Å². The molecule has 0 fully saturated rings. The van der Waals surface area contributed by atoms with Gasteiger partial charge in [0.1, 0.15) is 11.5 Å². The minimum Gasteiger partial charge on any atom is -0.383 e. The monoisotopic (exact) mass is 295 g/mol. The molecule has 4 heteroatoms. The molecule has 2 aromatic heterocycles. The van der Waals surface area contributed by atoms with Crippen molar-refractivity contribution in [3.8, 4) is 0 Å². The number of fused-ring (bicyclic) bond motifs is 1. The molecule has 2 aromatic rings. The van der Waals surface area contributed by atoms with Crippen molar-refractivity contribution in [2.24, 2.45) is 5.92 Å². The number of nitrogens with two attached hydrogens (primary N) is 1. The maximum atomic E-state index is 6.16. The van der Waals surface area contributed by atoms with Gasteiger partial charge in [0, 0.05) is 16.6 Å². The number of pyridine rings is 1. The van der Waals surface area contributed by atoms with Crippen LogP contribution in [0.4, 0.5) is 5.82 Å². The molecule has 0 amide bonds. The summed E-state index contributed by atoms with van der Waals surface area (Å²) in [6, 6.07) is 3.96. The van der Waals surface area contributed by atoms with Crippen LogP contribution in [0.15, 0.2) is 22.8 Å². The first-order valence-electron chi connectivity index (χ1n) is 5.92. The lowest BCUT2D eigenvalue weighted by Crippen LogP contribution is -2.03. The average molecular weight is 296 g/mol. The Balaban J connectivity index is 2.45. The second-order valence-corrected chi connectivity index (χ2v) is 5.90. The highest BCUT2D eigenvalue weighted by Gasteiger charge is 2.16. The van der Waals surface area contributed by atoms with E-state index in [-0.39, 0.29) is 0 Å². The van der Waals surface area contributed by atoms with Gasteiger partial charge in [0.05, 0.1) is 5.69 Å². The van der Waals surface area contributed by atoms with E-state index in [1.54, 1.807) is 0 Å². The van der Waals surface area contributed by atoms with Gasteiger partial charge in [0.2, 0.25) is 0 Å². The fourth-order valence-electron chi connectivity index (χ4n) is 2.24. The normalized spacial score (nSPS) is 13.5. The van der Waals surface area contributed by atoms with E-state index >= 15 is 0 Å². The van der Waals surface area contributed by atoms with Crippen LogP contribution in [0.3, 0.4) is 0 Å². The first-order valence-corrected chi connectivity index (χ1v) is 6.71. The standard InChI is InChI=1S/C13H18BrN3/c1-8(2)6-9(3)12-13(15)17-7-10(14)4-5-11(17)16-12/h4-5,7-9H,6,15H2,1-3H3. The molecule has 0 bridgehead atoms. The Bertz CT molecular complexity index is 531. The van der Waals surface area contributed by atoms with E-state index in [4.69, 9.17) is 5.73 Å². The van der Waals surface area contributed by atoms with Crippen molar-refractivity contribution in [1.29, 1.82) is 0 Å². The Kier molecular flexibility index (Phi) is 3.43. The van der Waals surface area contributed by atoms with E-state index in [1.165, 1.54) is 0 Å². The largest absolute Gasteiger partial charge is 0.383 e. The van der Waals surface area contributed by atoms with Crippen LogP contribution in [-0.4, -0.2) is 9.38 Å². The van der Waals surface area contributed by atoms with E-state index in [1.807, 2.05) is 22.7 Å². The molecule has 0 aliphatic carbocycles. The van der Waals surface area contributed by atoms with Gasteiger partial charge in [-0.05, 0) is 40.4 Å². The molecule has 0 saturated heterocycles. The van der Waals surface area contributed by atoms with Crippen molar-refractivity contribution in [3.05, 3.63) is 28.5 Å². The van der Waals surface area contributed by atoms with Crippen LogP contribution in [0.2, 0.25) is 0 Å². The highest BCUT2D eigenvalue weighted by atomic mass is 79.9. The predicted molar refractivity (Wildman–Crippen MR) is 75.2 cm³/mol. The van der Waals surface area contributed by atoms with Gasteiger partial charge in [0.15, 0.2) is 0 Å². The molecule has 2 N–H and O–H groups in total. The molecule has 0 aliphatic heterocycles. The van der Waals surface area contributed by atoms with Gasteiger partial charge in [-0.1, -0.05) is 20.8 Å². The van der Waals surface area contributed by atoms with Crippen LogP contribution >= 0.6 is 15.9 Å². The molecule has 1 unspecified atom stereocenters. The van der Waals surface area contributed by atoms with Crippen LogP contribution in [0.5, 0.6) is 0 Å². The summed E-state index contributed by atoms with van der Waals surface area (Å²) in [5, 5.41) is 0. The Morgan fingerprint density at radius 2 is 2.06 bits per heavy atom. The number of rotatable bonds is 3. The third-order valence-electron chi connectivity index (χ3n) is 2.94. The van der Waals surface area contributed by atoms with Gasteiger partial charge in [0.25, 0.3) is 0 Å². The third-order valence-corrected chi connectivity index (χ3v) is 3.41. The highest BCUT2D eigenvalue weighted by molar-refractivity contribution is 9.10. The van der Waals surface area contributed by atoms with E-state index in [2.05, 4.69) is 41.7 Å². The van der Waals surface area contributed by atoms with Crippen molar-refractivity contribution in [3.63, 3.8) is 0 Å². The van der Waals surface area contributed by atoms with Crippen LogP contribution < -0.4 is 5.73 Å². The van der Waals surface area contributed by atoms with Crippen molar-refractivity contribution in [2.45, 2.75) is 33.1 Å². The van der Waals surface area contributed by atoms with Crippen LogP contribution in [0.1, 0.15) is 38.8 Å². The topological polar surface area (TPSA) is 43.3 Å². The molecule has 0 spiro atoms. The van der Waals surface area contributed by atoms with Gasteiger partial charge >= 0.3 is 0 Å². The fourth-order valence-corrected chi connectivity index (χ4v) is 2.57. The van der Waals surface area contributed by atoms with E-state index < -0.39 is 0 Å². The average Bonchev–Trinajstić information content (AvgIpc) is 2.55. The summed E-state index contributed by atoms with van der Waals surface area (Å²) >= 11 is 3.45. The van der Waals surface area contributed by atoms with Gasteiger partial charge in [-0.2, -0.15) is 0 Å². The molecule has 0 radical (unpaired) electrons. The number of imidazole rings is 1. The lowest BCUT2D eigenvalue weighted by Gasteiger charge is -2.12. The third kappa shape index (κ3) is 2.46. The molecular formula is C13H18BrN3. The molecule has 92 valence electrons. The van der Waals surface area contributed by atoms with Crippen LogP contribution in [-0.2, 0) is 0 Å². The number of hydrogen-bond donors (Lipinski definition) is 1. The van der Waals surface area contributed by atoms with Crippen LogP contribution in [0, 0.1) is 5.92 Å². The van der Waals surface area contributed by atoms with Gasteiger partial charge < -0.3 is 5.73 Å². The zero-order chi connectivity index (χ0) is 12.6. The number of hydrogen-bond acceptors (Lipinski definition) is 2. The minimum absolute atomic E-state index is 0.397. The number of anilines is 1. The lowest BCUT2D eigenvalue weighted by molar-refractivity contribution is 0.519. The number of nitrogens with zero attached hydrogens (tertiary/aromatic N) is 2. The van der Waals surface area contributed by atoms with Crippen molar-refractivity contribution in [2.75, 3.05) is 5.73 Å². The Morgan fingerprint density at radius 1 is 1.35 bits per heavy atom.